The van der Waals surface area contributed by atoms with Crippen molar-refractivity contribution in [2.45, 2.75) is 25.8 Å². The van der Waals surface area contributed by atoms with Gasteiger partial charge in [0.15, 0.2) is 0 Å². The fourth-order valence-corrected chi connectivity index (χ4v) is 2.02. The standard InChI is InChI=1S/C9H21NS2/c1-9(8-12-3)10(2)6-4-5-7-11/h9,11H,4-8H2,1-3H3. The lowest BCUT2D eigenvalue weighted by Crippen LogP contribution is -2.31. The summed E-state index contributed by atoms with van der Waals surface area (Å²) in [6.45, 7) is 3.50. The zero-order valence-corrected chi connectivity index (χ0v) is 10.1. The van der Waals surface area contributed by atoms with Crippen LogP contribution >= 0.6 is 24.4 Å². The van der Waals surface area contributed by atoms with Crippen LogP contribution in [0.25, 0.3) is 0 Å². The number of nitrogens with zero attached hydrogens (tertiary/aromatic N) is 1. The molecule has 1 nitrogen and oxygen atoms in total. The molecule has 0 aliphatic heterocycles. The first-order valence-electron chi connectivity index (χ1n) is 4.52. The van der Waals surface area contributed by atoms with Crippen molar-refractivity contribution in [3.8, 4) is 0 Å². The van der Waals surface area contributed by atoms with Crippen LogP contribution in [-0.4, -0.2) is 42.3 Å². The molecule has 12 heavy (non-hydrogen) atoms. The Balaban J connectivity index is 3.35. The summed E-state index contributed by atoms with van der Waals surface area (Å²) in [4.78, 5) is 2.43. The van der Waals surface area contributed by atoms with Gasteiger partial charge in [-0.05, 0) is 45.4 Å². The third kappa shape index (κ3) is 6.21. The first-order chi connectivity index (χ1) is 5.72. The first-order valence-corrected chi connectivity index (χ1v) is 6.55. The second kappa shape index (κ2) is 8.27. The van der Waals surface area contributed by atoms with Crippen LogP contribution in [0.5, 0.6) is 0 Å². The molecule has 0 amide bonds. The molecule has 0 aromatic carbocycles. The van der Waals surface area contributed by atoms with E-state index >= 15 is 0 Å². The van der Waals surface area contributed by atoms with Crippen molar-refractivity contribution in [1.82, 2.24) is 4.90 Å². The molecule has 0 bridgehead atoms. The number of unbranched alkanes of at least 4 members (excludes halogenated alkanes) is 1. The molecule has 0 saturated carbocycles. The maximum absolute atomic E-state index is 4.19. The van der Waals surface area contributed by atoms with E-state index in [9.17, 15) is 0 Å². The molecule has 0 radical (unpaired) electrons. The van der Waals surface area contributed by atoms with Crippen molar-refractivity contribution in [2.75, 3.05) is 31.4 Å². The van der Waals surface area contributed by atoms with Crippen LogP contribution in [0.2, 0.25) is 0 Å². The highest BCUT2D eigenvalue weighted by Crippen LogP contribution is 2.04. The summed E-state index contributed by atoms with van der Waals surface area (Å²) in [7, 11) is 2.21. The molecule has 0 N–H and O–H groups in total. The Bertz CT molecular complexity index is 98.5. The van der Waals surface area contributed by atoms with E-state index in [0.29, 0.717) is 6.04 Å². The van der Waals surface area contributed by atoms with Gasteiger partial charge < -0.3 is 4.90 Å². The second-order valence-electron chi connectivity index (χ2n) is 3.22. The summed E-state index contributed by atoms with van der Waals surface area (Å²) >= 11 is 6.11. The van der Waals surface area contributed by atoms with Crippen molar-refractivity contribution in [1.29, 1.82) is 0 Å². The molecule has 1 unspecified atom stereocenters. The summed E-state index contributed by atoms with van der Waals surface area (Å²) < 4.78 is 0. The molecule has 0 saturated heterocycles. The van der Waals surface area contributed by atoms with E-state index in [1.54, 1.807) is 0 Å². The summed E-state index contributed by atoms with van der Waals surface area (Å²) in [5, 5.41) is 0. The Hall–Kier alpha value is 0.660. The molecule has 0 aromatic heterocycles. The summed E-state index contributed by atoms with van der Waals surface area (Å²) in [5.41, 5.74) is 0. The van der Waals surface area contributed by atoms with Gasteiger partial charge in [-0.15, -0.1) is 0 Å². The van der Waals surface area contributed by atoms with Crippen molar-refractivity contribution < 1.29 is 0 Å². The molecule has 0 spiro atoms. The molecule has 0 aromatic rings. The lowest BCUT2D eigenvalue weighted by molar-refractivity contribution is 0.274. The van der Waals surface area contributed by atoms with E-state index in [0.717, 1.165) is 5.75 Å². The monoisotopic (exact) mass is 207 g/mol. The number of hydrogen-bond donors (Lipinski definition) is 1. The van der Waals surface area contributed by atoms with Crippen molar-refractivity contribution in [3.05, 3.63) is 0 Å². The largest absolute Gasteiger partial charge is 0.303 e. The maximum Gasteiger partial charge on any atom is 0.0154 e. The predicted molar refractivity (Wildman–Crippen MR) is 63.6 cm³/mol. The Morgan fingerprint density at radius 2 is 2.08 bits per heavy atom. The fourth-order valence-electron chi connectivity index (χ4n) is 1.06. The van der Waals surface area contributed by atoms with Crippen molar-refractivity contribution >= 4 is 24.4 Å². The smallest absolute Gasteiger partial charge is 0.0154 e. The van der Waals surface area contributed by atoms with Crippen LogP contribution in [0.3, 0.4) is 0 Å². The van der Waals surface area contributed by atoms with Gasteiger partial charge in [-0.1, -0.05) is 0 Å². The SMILES string of the molecule is CSCC(C)N(C)CCCCS. The number of hydrogen-bond acceptors (Lipinski definition) is 3. The second-order valence-corrected chi connectivity index (χ2v) is 4.57. The quantitative estimate of drug-likeness (QED) is 0.504. The Kier molecular flexibility index (Phi) is 8.72. The normalized spacial score (nSPS) is 13.8. The van der Waals surface area contributed by atoms with E-state index < -0.39 is 0 Å². The molecule has 0 aliphatic rings. The van der Waals surface area contributed by atoms with Crippen LogP contribution in [0, 0.1) is 0 Å². The average Bonchev–Trinajstić information content (AvgIpc) is 2.05. The topological polar surface area (TPSA) is 3.24 Å². The maximum atomic E-state index is 4.19. The lowest BCUT2D eigenvalue weighted by atomic mass is 10.3. The van der Waals surface area contributed by atoms with E-state index in [-0.39, 0.29) is 0 Å². The number of thiol groups is 1. The Morgan fingerprint density at radius 1 is 1.42 bits per heavy atom. The van der Waals surface area contributed by atoms with Crippen LogP contribution < -0.4 is 0 Å². The summed E-state index contributed by atoms with van der Waals surface area (Å²) in [6.07, 6.45) is 4.68. The van der Waals surface area contributed by atoms with E-state index in [1.807, 2.05) is 11.8 Å². The molecule has 0 fully saturated rings. The van der Waals surface area contributed by atoms with Crippen LogP contribution in [0.15, 0.2) is 0 Å². The third-order valence-corrected chi connectivity index (χ3v) is 3.21. The molecule has 3 heteroatoms. The fraction of sp³-hybridized carbons (Fsp3) is 1.00. The predicted octanol–water partition coefficient (Wildman–Crippen LogP) is 2.38. The minimum absolute atomic E-state index is 0.708. The van der Waals surface area contributed by atoms with Gasteiger partial charge in [0, 0.05) is 11.8 Å². The van der Waals surface area contributed by atoms with Crippen molar-refractivity contribution in [2.24, 2.45) is 0 Å². The van der Waals surface area contributed by atoms with E-state index in [1.165, 1.54) is 25.1 Å². The van der Waals surface area contributed by atoms with Gasteiger partial charge in [-0.3, -0.25) is 0 Å². The molecule has 0 rings (SSSR count). The number of thioether (sulfide) groups is 1. The van der Waals surface area contributed by atoms with Gasteiger partial charge in [-0.25, -0.2) is 0 Å². The van der Waals surface area contributed by atoms with Gasteiger partial charge in [0.25, 0.3) is 0 Å². The van der Waals surface area contributed by atoms with Crippen LogP contribution in [0.1, 0.15) is 19.8 Å². The Morgan fingerprint density at radius 3 is 2.58 bits per heavy atom. The highest BCUT2D eigenvalue weighted by atomic mass is 32.2. The highest BCUT2D eigenvalue weighted by Gasteiger charge is 2.06. The minimum Gasteiger partial charge on any atom is -0.303 e. The lowest BCUT2D eigenvalue weighted by Gasteiger charge is -2.23. The van der Waals surface area contributed by atoms with Gasteiger partial charge in [-0.2, -0.15) is 24.4 Å². The molecule has 74 valence electrons. The van der Waals surface area contributed by atoms with Gasteiger partial charge in [0.05, 0.1) is 0 Å². The molecule has 0 heterocycles. The molecular formula is C9H21NS2. The zero-order chi connectivity index (χ0) is 9.40. The highest BCUT2D eigenvalue weighted by molar-refractivity contribution is 7.98. The summed E-state index contributed by atoms with van der Waals surface area (Å²) in [6, 6.07) is 0.708. The first kappa shape index (κ1) is 12.7. The average molecular weight is 207 g/mol. The van der Waals surface area contributed by atoms with Crippen molar-refractivity contribution in [3.63, 3.8) is 0 Å². The molecule has 0 aliphatic carbocycles. The van der Waals surface area contributed by atoms with Crippen LogP contribution in [-0.2, 0) is 0 Å². The van der Waals surface area contributed by atoms with Crippen LogP contribution in [0.4, 0.5) is 0 Å². The van der Waals surface area contributed by atoms with E-state index in [2.05, 4.69) is 37.8 Å². The van der Waals surface area contributed by atoms with Gasteiger partial charge >= 0.3 is 0 Å². The Labute approximate surface area is 86.7 Å². The zero-order valence-electron chi connectivity index (χ0n) is 8.42. The van der Waals surface area contributed by atoms with Gasteiger partial charge in [0.1, 0.15) is 0 Å². The summed E-state index contributed by atoms with van der Waals surface area (Å²) in [5.74, 6) is 2.25. The van der Waals surface area contributed by atoms with Gasteiger partial charge in [0.2, 0.25) is 0 Å². The third-order valence-electron chi connectivity index (χ3n) is 2.08. The van der Waals surface area contributed by atoms with E-state index in [4.69, 9.17) is 0 Å². The molecule has 1 atom stereocenters. The molecular weight excluding hydrogens is 186 g/mol. The minimum atomic E-state index is 0.708. The number of rotatable bonds is 7.